The van der Waals surface area contributed by atoms with Crippen LogP contribution in [0.1, 0.15) is 26.2 Å². The number of phenols is 1. The predicted molar refractivity (Wildman–Crippen MR) is 202 cm³/mol. The van der Waals surface area contributed by atoms with E-state index in [1.165, 1.54) is 25.0 Å². The third kappa shape index (κ3) is 19.1. The summed E-state index contributed by atoms with van der Waals surface area (Å²) in [5.74, 6) is -0.640. The summed E-state index contributed by atoms with van der Waals surface area (Å²) in [5, 5.41) is 9.36. The molecule has 0 aliphatic carbocycles. The molecule has 0 spiro atoms. The normalized spacial score (nSPS) is 14.2. The van der Waals surface area contributed by atoms with Crippen molar-refractivity contribution in [1.29, 1.82) is 0 Å². The monoisotopic (exact) mass is 770 g/mol. The smallest absolute Gasteiger partial charge is 0.411 e. The van der Waals surface area contributed by atoms with Gasteiger partial charge in [-0.15, -0.1) is 0 Å². The van der Waals surface area contributed by atoms with E-state index in [2.05, 4.69) is 98.6 Å². The Kier molecular flexibility index (Phi) is 16.6. The lowest BCUT2D eigenvalue weighted by Crippen LogP contribution is -2.56. The molecule has 0 bridgehead atoms. The molecule has 0 aromatic heterocycles. The van der Waals surface area contributed by atoms with Crippen molar-refractivity contribution in [3.05, 3.63) is 24.0 Å². The van der Waals surface area contributed by atoms with Crippen molar-refractivity contribution >= 4 is 69.0 Å². The maximum atomic E-state index is 13.6. The third-order valence-corrected chi connectivity index (χ3v) is 38.0. The maximum absolute atomic E-state index is 13.6. The predicted octanol–water partition coefficient (Wildman–Crippen LogP) is 9.20. The van der Waals surface area contributed by atoms with Crippen molar-refractivity contribution in [2.24, 2.45) is 0 Å². The quantitative estimate of drug-likeness (QED) is 0.0924. The number of hydrogen-bond acceptors (Lipinski definition) is 8. The zero-order valence-corrected chi connectivity index (χ0v) is 38.9. The van der Waals surface area contributed by atoms with Gasteiger partial charge in [0.05, 0.1) is 6.61 Å². The van der Waals surface area contributed by atoms with E-state index in [0.29, 0.717) is 12.4 Å². The summed E-state index contributed by atoms with van der Waals surface area (Å²) in [7, 11) is -15.2. The van der Waals surface area contributed by atoms with Gasteiger partial charge in [0.15, 0.2) is 44.8 Å². The molecule has 1 aromatic carbocycles. The number of unbranched alkanes of at least 4 members (excludes halogenated alkanes) is 1. The minimum Gasteiger partial charge on any atom is -0.505 e. The van der Waals surface area contributed by atoms with E-state index in [1.807, 2.05) is 0 Å². The van der Waals surface area contributed by atoms with E-state index in [9.17, 15) is 9.50 Å². The summed E-state index contributed by atoms with van der Waals surface area (Å²) in [6.45, 7) is 33.5. The van der Waals surface area contributed by atoms with Crippen LogP contribution in [0.25, 0.3) is 0 Å². The molecule has 0 unspecified atom stereocenters. The maximum Gasteiger partial charge on any atom is 0.411 e. The van der Waals surface area contributed by atoms with Crippen molar-refractivity contribution in [1.82, 2.24) is 0 Å². The average Bonchev–Trinajstić information content (AvgIpc) is 2.78. The minimum absolute atomic E-state index is 0.0531. The number of rotatable bonds is 22. The molecule has 0 atom stereocenters. The van der Waals surface area contributed by atoms with Crippen LogP contribution in [0.2, 0.25) is 109 Å². The summed E-state index contributed by atoms with van der Waals surface area (Å²) in [4.78, 5) is 0. The molecule has 45 heavy (non-hydrogen) atoms. The van der Waals surface area contributed by atoms with Crippen LogP contribution in [0, 0.1) is 5.82 Å². The number of aromatic hydroxyl groups is 1. The molecule has 0 aliphatic rings. The molecule has 8 nitrogen and oxygen atoms in total. The van der Waals surface area contributed by atoms with Gasteiger partial charge in [-0.2, -0.15) is 0 Å². The second-order valence-electron chi connectivity index (χ2n) is 15.8. The highest BCUT2D eigenvalue weighted by molar-refractivity contribution is 6.95. The first-order chi connectivity index (χ1) is 20.2. The molecule has 0 aliphatic heterocycles. The van der Waals surface area contributed by atoms with E-state index in [1.54, 1.807) is 6.07 Å². The Balaban J connectivity index is 2.59. The number of ether oxygens (including phenoxy) is 1. The lowest BCUT2D eigenvalue weighted by molar-refractivity contribution is 0.310. The van der Waals surface area contributed by atoms with Gasteiger partial charge in [0.2, 0.25) is 0 Å². The number of halogens is 1. The van der Waals surface area contributed by atoms with Crippen LogP contribution in [0.15, 0.2) is 18.2 Å². The van der Waals surface area contributed by atoms with E-state index in [4.69, 9.17) is 29.4 Å². The lowest BCUT2D eigenvalue weighted by Gasteiger charge is -2.41. The number of benzene rings is 1. The fourth-order valence-electron chi connectivity index (χ4n) is 5.95. The van der Waals surface area contributed by atoms with Crippen LogP contribution in [-0.4, -0.2) is 80.7 Å². The summed E-state index contributed by atoms with van der Waals surface area (Å²) >= 11 is 0. The van der Waals surface area contributed by atoms with Crippen molar-refractivity contribution < 1.29 is 38.9 Å². The van der Waals surface area contributed by atoms with Crippen LogP contribution >= 0.6 is 0 Å². The fraction of sp³-hybridized carbons (Fsp3) is 0.786. The third-order valence-electron chi connectivity index (χ3n) is 6.76. The molecule has 0 amide bonds. The van der Waals surface area contributed by atoms with Gasteiger partial charge >= 0.3 is 35.7 Å². The van der Waals surface area contributed by atoms with Gasteiger partial charge in [-0.3, -0.25) is 0 Å². The molecule has 2 radical (unpaired) electrons. The Labute approximate surface area is 284 Å². The van der Waals surface area contributed by atoms with Crippen molar-refractivity contribution in [3.8, 4) is 11.5 Å². The summed E-state index contributed by atoms with van der Waals surface area (Å²) in [6.07, 6.45) is 3.19. The van der Waals surface area contributed by atoms with Gasteiger partial charge in [0.1, 0.15) is 5.75 Å². The van der Waals surface area contributed by atoms with Crippen molar-refractivity contribution in [2.75, 3.05) is 6.61 Å². The highest BCUT2D eigenvalue weighted by Gasteiger charge is 2.44. The Hall–Kier alpha value is 0.245. The second-order valence-corrected chi connectivity index (χ2v) is 45.7. The molecule has 0 heterocycles. The molecule has 0 saturated heterocycles. The standard InChI is InChI=1S/C28H63FO8Si8/c1-16-17-22-39(2,3)35-45(14,15)37-43(10,11)33-38-32-41(6,7)25-42(8,9)36-44(12,13)34-40(4,5)23-18-21-31-26-19-20-28(30)27(29)24-26/h19-20,24,30H,16-18,21-23,25H2,1-15H3. The minimum atomic E-state index is -2.43. The van der Waals surface area contributed by atoms with E-state index in [0.717, 1.165) is 24.2 Å². The van der Waals surface area contributed by atoms with Gasteiger partial charge in [0.25, 0.3) is 0 Å². The Morgan fingerprint density at radius 3 is 1.69 bits per heavy atom. The van der Waals surface area contributed by atoms with Gasteiger partial charge in [-0.1, -0.05) is 19.8 Å². The summed E-state index contributed by atoms with van der Waals surface area (Å²) in [6, 6.07) is 6.14. The van der Waals surface area contributed by atoms with E-state index in [-0.39, 0.29) is 15.8 Å². The summed E-state index contributed by atoms with van der Waals surface area (Å²) in [5.41, 5.74) is 0.943. The van der Waals surface area contributed by atoms with Crippen LogP contribution < -0.4 is 4.74 Å². The van der Waals surface area contributed by atoms with Crippen LogP contribution in [0.3, 0.4) is 0 Å². The summed E-state index contributed by atoms with van der Waals surface area (Å²) < 4.78 is 58.9. The molecular weight excluding hydrogens is 708 g/mol. The molecule has 1 aromatic rings. The van der Waals surface area contributed by atoms with Gasteiger partial charge < -0.3 is 34.5 Å². The molecular formula is C28H63FO8Si8. The highest BCUT2D eigenvalue weighted by Crippen LogP contribution is 2.30. The number of hydrogen-bond donors (Lipinski definition) is 1. The molecule has 0 fully saturated rings. The zero-order chi connectivity index (χ0) is 35.0. The Bertz CT molecular complexity index is 1060. The van der Waals surface area contributed by atoms with Crippen LogP contribution in [-0.2, 0) is 24.7 Å². The van der Waals surface area contributed by atoms with Crippen LogP contribution in [0.5, 0.6) is 11.5 Å². The average molecular weight is 771 g/mol. The second kappa shape index (κ2) is 17.3. The molecule has 1 rings (SSSR count). The highest BCUT2D eigenvalue weighted by atomic mass is 28.5. The van der Waals surface area contributed by atoms with Crippen molar-refractivity contribution in [2.45, 2.75) is 136 Å². The Morgan fingerprint density at radius 1 is 0.644 bits per heavy atom. The van der Waals surface area contributed by atoms with E-state index < -0.39 is 64.8 Å². The first kappa shape index (κ1) is 43.3. The van der Waals surface area contributed by atoms with Gasteiger partial charge in [0, 0.05) is 6.07 Å². The van der Waals surface area contributed by atoms with Crippen LogP contribution in [0.4, 0.5) is 4.39 Å². The Morgan fingerprint density at radius 2 is 1.16 bits per heavy atom. The lowest BCUT2D eigenvalue weighted by atomic mass is 10.3. The van der Waals surface area contributed by atoms with E-state index >= 15 is 0 Å². The first-order valence-electron chi connectivity index (χ1n) is 16.2. The van der Waals surface area contributed by atoms with Gasteiger partial charge in [-0.25, -0.2) is 4.39 Å². The SMILES string of the molecule is CCCC[Si](C)(C)O[Si](C)(C)O[Si](C)(C)O[Si]O[Si](C)(C)C[Si](C)(C)O[Si](C)(C)O[Si](C)(C)CCCOc1ccc(O)c(F)c1. The number of phenolic OH excluding ortho intramolecular Hbond substituents is 1. The largest absolute Gasteiger partial charge is 0.505 e. The first-order valence-corrected chi connectivity index (χ1v) is 37.9. The zero-order valence-electron chi connectivity index (χ0n) is 30.9. The fourth-order valence-corrected chi connectivity index (χ4v) is 43.6. The van der Waals surface area contributed by atoms with Gasteiger partial charge in [-0.05, 0) is 128 Å². The molecule has 0 saturated carbocycles. The molecule has 1 N–H and O–H groups in total. The molecule has 17 heteroatoms. The van der Waals surface area contributed by atoms with Crippen molar-refractivity contribution in [3.63, 3.8) is 0 Å². The topological polar surface area (TPSA) is 84.8 Å². The molecule has 262 valence electrons.